The molecule has 0 aromatic heterocycles. The maximum Gasteiger partial charge on any atom is 0.469 e. The number of phosphoric ester groups is 1. The highest BCUT2D eigenvalue weighted by molar-refractivity contribution is 7.46. The molecule has 0 atom stereocenters. The van der Waals surface area contributed by atoms with Gasteiger partial charge in [-0.3, -0.25) is 4.52 Å². The predicted octanol–water partition coefficient (Wildman–Crippen LogP) is 2.96. The molecular weight excluding hydrogens is 359 g/mol. The van der Waals surface area contributed by atoms with E-state index >= 15 is 0 Å². The second kappa shape index (κ2) is 9.94. The largest absolute Gasteiger partial charge is 0.469 e. The van der Waals surface area contributed by atoms with E-state index in [1.54, 1.807) is 0 Å². The molecule has 26 heavy (non-hydrogen) atoms. The molecule has 2 aromatic carbocycles. The average molecular weight is 382 g/mol. The Balaban J connectivity index is 1.93. The second-order valence-electron chi connectivity index (χ2n) is 5.69. The van der Waals surface area contributed by atoms with E-state index in [0.29, 0.717) is 0 Å². The van der Waals surface area contributed by atoms with Crippen molar-refractivity contribution in [1.29, 1.82) is 0 Å². The van der Waals surface area contributed by atoms with Crippen LogP contribution >= 0.6 is 7.82 Å². The summed E-state index contributed by atoms with van der Waals surface area (Å²) in [5.41, 5.74) is 1.72. The number of hydrogen-bond donors (Lipinski definition) is 3. The van der Waals surface area contributed by atoms with Crippen LogP contribution in [0.1, 0.15) is 24.0 Å². The van der Waals surface area contributed by atoms with Crippen LogP contribution in [0.2, 0.25) is 0 Å². The maximum atomic E-state index is 10.7. The topological polar surface area (TPSA) is 105 Å². The van der Waals surface area contributed by atoms with Crippen LogP contribution in [0.3, 0.4) is 0 Å². The fourth-order valence-corrected chi connectivity index (χ4v) is 2.57. The molecule has 0 aliphatic carbocycles. The van der Waals surface area contributed by atoms with E-state index in [0.717, 1.165) is 11.1 Å². The Hall–Kier alpha value is -1.57. The average Bonchev–Trinajstić information content (AvgIpc) is 2.63. The number of benzene rings is 2. The van der Waals surface area contributed by atoms with Crippen molar-refractivity contribution in [3.8, 4) is 0 Å². The van der Waals surface area contributed by atoms with E-state index in [1.165, 1.54) is 0 Å². The minimum Gasteiger partial charge on any atom is -0.343 e. The minimum atomic E-state index is -4.54. The van der Waals surface area contributed by atoms with E-state index in [-0.39, 0.29) is 32.7 Å². The molecule has 0 radical (unpaired) electrons. The molecule has 142 valence electrons. The van der Waals surface area contributed by atoms with Gasteiger partial charge in [-0.05, 0) is 17.5 Å². The van der Waals surface area contributed by atoms with Crippen molar-refractivity contribution >= 4 is 7.82 Å². The van der Waals surface area contributed by atoms with E-state index in [4.69, 9.17) is 19.3 Å². The Labute approximate surface area is 152 Å². The molecule has 0 saturated heterocycles. The van der Waals surface area contributed by atoms with Gasteiger partial charge in [-0.15, -0.1) is 0 Å². The molecule has 0 saturated carbocycles. The first-order valence-corrected chi connectivity index (χ1v) is 9.68. The summed E-state index contributed by atoms with van der Waals surface area (Å²) in [5, 5.41) is 10.7. The highest BCUT2D eigenvalue weighted by Crippen LogP contribution is 2.36. The van der Waals surface area contributed by atoms with E-state index < -0.39 is 13.8 Å². The summed E-state index contributed by atoms with van der Waals surface area (Å²) in [7, 11) is -4.54. The maximum absolute atomic E-state index is 10.7. The van der Waals surface area contributed by atoms with Gasteiger partial charge in [0, 0.05) is 6.42 Å². The van der Waals surface area contributed by atoms with Gasteiger partial charge >= 0.3 is 7.82 Å². The van der Waals surface area contributed by atoms with Crippen molar-refractivity contribution in [3.63, 3.8) is 0 Å². The molecule has 0 amide bonds. The van der Waals surface area contributed by atoms with Gasteiger partial charge < -0.3 is 24.4 Å². The summed E-state index contributed by atoms with van der Waals surface area (Å²) >= 11 is 0. The quantitative estimate of drug-likeness (QED) is 0.312. The zero-order valence-electron chi connectivity index (χ0n) is 14.2. The van der Waals surface area contributed by atoms with Crippen molar-refractivity contribution < 1.29 is 33.5 Å². The molecule has 2 aromatic rings. The van der Waals surface area contributed by atoms with Crippen LogP contribution in [-0.2, 0) is 31.8 Å². The number of aliphatic hydroxyl groups is 1. The van der Waals surface area contributed by atoms with Crippen molar-refractivity contribution in [1.82, 2.24) is 0 Å². The van der Waals surface area contributed by atoms with E-state index in [2.05, 4.69) is 4.52 Å². The van der Waals surface area contributed by atoms with Gasteiger partial charge in [-0.1, -0.05) is 60.7 Å². The smallest absolute Gasteiger partial charge is 0.343 e. The third-order valence-electron chi connectivity index (χ3n) is 3.51. The summed E-state index contributed by atoms with van der Waals surface area (Å²) in [6, 6.07) is 18.6. The lowest BCUT2D eigenvalue weighted by atomic mass is 10.2. The molecule has 0 spiro atoms. The molecule has 0 aliphatic heterocycles. The van der Waals surface area contributed by atoms with Gasteiger partial charge in [0.05, 0.1) is 19.8 Å². The lowest BCUT2D eigenvalue weighted by molar-refractivity contribution is -0.373. The predicted molar refractivity (Wildman–Crippen MR) is 94.6 cm³/mol. The van der Waals surface area contributed by atoms with Crippen LogP contribution in [0.25, 0.3) is 0 Å². The minimum absolute atomic E-state index is 0.00727. The zero-order chi connectivity index (χ0) is 18.9. The summed E-state index contributed by atoms with van der Waals surface area (Å²) in [6.45, 7) is 0.0347. The van der Waals surface area contributed by atoms with Gasteiger partial charge in [0.25, 0.3) is 5.97 Å². The number of hydrogen-bond acceptors (Lipinski definition) is 5. The third-order valence-corrected chi connectivity index (χ3v) is 4.03. The zero-order valence-corrected chi connectivity index (χ0v) is 15.1. The van der Waals surface area contributed by atoms with Crippen molar-refractivity contribution in [2.45, 2.75) is 32.0 Å². The van der Waals surface area contributed by atoms with Crippen LogP contribution in [-0.4, -0.2) is 27.5 Å². The SMILES string of the molecule is O=P(O)(O)OCCCC(O)(OCc1ccccc1)OCc1ccccc1. The summed E-state index contributed by atoms with van der Waals surface area (Å²) in [5.74, 6) is -1.90. The van der Waals surface area contributed by atoms with Gasteiger partial charge in [0.2, 0.25) is 0 Å². The van der Waals surface area contributed by atoms with Crippen LogP contribution in [0, 0.1) is 0 Å². The standard InChI is InChI=1S/C18H23O7P/c19-18(12-7-13-25-26(20,21)22,23-14-16-8-3-1-4-9-16)24-15-17-10-5-2-6-11-17/h1-6,8-11,19H,7,12-15H2,(H2,20,21,22). The Morgan fingerprint density at radius 2 is 1.31 bits per heavy atom. The molecule has 0 unspecified atom stereocenters. The molecule has 0 aliphatic rings. The first-order valence-electron chi connectivity index (χ1n) is 8.15. The highest BCUT2D eigenvalue weighted by atomic mass is 31.2. The van der Waals surface area contributed by atoms with Crippen LogP contribution in [0.15, 0.2) is 60.7 Å². The Morgan fingerprint density at radius 1 is 0.846 bits per heavy atom. The van der Waals surface area contributed by atoms with Gasteiger partial charge in [0.15, 0.2) is 0 Å². The molecule has 7 nitrogen and oxygen atoms in total. The van der Waals surface area contributed by atoms with Crippen LogP contribution in [0.4, 0.5) is 0 Å². The molecule has 0 fully saturated rings. The lowest BCUT2D eigenvalue weighted by Crippen LogP contribution is -2.36. The van der Waals surface area contributed by atoms with Crippen LogP contribution < -0.4 is 0 Å². The normalized spacial score (nSPS) is 12.3. The Bertz CT molecular complexity index is 644. The monoisotopic (exact) mass is 382 g/mol. The number of phosphoric acid groups is 1. The van der Waals surface area contributed by atoms with Gasteiger partial charge in [-0.2, -0.15) is 0 Å². The van der Waals surface area contributed by atoms with Crippen molar-refractivity contribution in [2.75, 3.05) is 6.61 Å². The summed E-state index contributed by atoms with van der Waals surface area (Å²) in [6.07, 6.45) is 0.137. The van der Waals surface area contributed by atoms with Crippen LogP contribution in [0.5, 0.6) is 0 Å². The molecule has 8 heteroatoms. The number of ether oxygens (including phenoxy) is 2. The fourth-order valence-electron chi connectivity index (χ4n) is 2.21. The molecule has 2 rings (SSSR count). The molecular formula is C18H23O7P. The summed E-state index contributed by atoms with van der Waals surface area (Å²) < 4.78 is 26.2. The van der Waals surface area contributed by atoms with Crippen molar-refractivity contribution in [2.24, 2.45) is 0 Å². The van der Waals surface area contributed by atoms with E-state index in [9.17, 15) is 9.67 Å². The highest BCUT2D eigenvalue weighted by Gasteiger charge is 2.29. The first-order chi connectivity index (χ1) is 12.4. The molecule has 3 N–H and O–H groups in total. The Morgan fingerprint density at radius 3 is 1.73 bits per heavy atom. The molecule has 0 heterocycles. The van der Waals surface area contributed by atoms with E-state index in [1.807, 2.05) is 60.7 Å². The summed E-state index contributed by atoms with van der Waals surface area (Å²) in [4.78, 5) is 17.4. The van der Waals surface area contributed by atoms with Crippen molar-refractivity contribution in [3.05, 3.63) is 71.8 Å². The second-order valence-corrected chi connectivity index (χ2v) is 6.93. The first kappa shape index (κ1) is 20.7. The third kappa shape index (κ3) is 8.21. The molecule has 0 bridgehead atoms. The van der Waals surface area contributed by atoms with Gasteiger partial charge in [-0.25, -0.2) is 4.57 Å². The fraction of sp³-hybridized carbons (Fsp3) is 0.333. The van der Waals surface area contributed by atoms with Gasteiger partial charge in [0.1, 0.15) is 0 Å². The lowest BCUT2D eigenvalue weighted by Gasteiger charge is -2.28. The Kier molecular flexibility index (Phi) is 7.93. The number of rotatable bonds is 11.